The molecule has 0 spiro atoms. The van der Waals surface area contributed by atoms with E-state index < -0.39 is 0 Å². The molecule has 1 aliphatic heterocycles. The topological polar surface area (TPSA) is 24.9 Å². The van der Waals surface area contributed by atoms with E-state index in [0.717, 1.165) is 47.7 Å². The van der Waals surface area contributed by atoms with E-state index in [9.17, 15) is 0 Å². The van der Waals surface area contributed by atoms with Crippen LogP contribution in [0.25, 0.3) is 0 Å². The zero-order valence-electron chi connectivity index (χ0n) is 15.9. The van der Waals surface area contributed by atoms with Gasteiger partial charge in [-0.3, -0.25) is 4.90 Å². The minimum atomic E-state index is 0.183. The summed E-state index contributed by atoms with van der Waals surface area (Å²) >= 11 is 9.31. The first kappa shape index (κ1) is 20.7. The Kier molecular flexibility index (Phi) is 7.32. The van der Waals surface area contributed by atoms with E-state index in [1.165, 1.54) is 5.56 Å². The van der Waals surface area contributed by atoms with Gasteiger partial charge in [0, 0.05) is 38.3 Å². The Balaban J connectivity index is 1.65. The Morgan fingerprint density at radius 2 is 1.89 bits per heavy atom. The average Bonchev–Trinajstić information content (AvgIpc) is 2.73. The van der Waals surface area contributed by atoms with Crippen LogP contribution in [0, 0.1) is 12.3 Å². The van der Waals surface area contributed by atoms with Gasteiger partial charge in [-0.1, -0.05) is 48.5 Å². The first-order valence-corrected chi connectivity index (χ1v) is 10.3. The quantitative estimate of drug-likeness (QED) is 0.481. The first-order valence-electron chi connectivity index (χ1n) is 9.11. The highest BCUT2D eigenvalue weighted by atomic mass is 79.9. The maximum absolute atomic E-state index is 5.76. The number of rotatable bonds is 6. The lowest BCUT2D eigenvalue weighted by molar-refractivity contribution is 0.177. The second-order valence-corrected chi connectivity index (χ2v) is 7.78. The number of thiocarbonyl (C=S) groups is 1. The molecule has 0 amide bonds. The van der Waals surface area contributed by atoms with Gasteiger partial charge >= 0.3 is 0 Å². The normalized spacial score (nSPS) is 14.4. The molecule has 2 aromatic carbocycles. The summed E-state index contributed by atoms with van der Waals surface area (Å²) in [6, 6.07) is 14.4. The summed E-state index contributed by atoms with van der Waals surface area (Å²) in [7, 11) is 1.61. The van der Waals surface area contributed by atoms with E-state index in [1.807, 2.05) is 12.1 Å². The van der Waals surface area contributed by atoms with Crippen molar-refractivity contribution in [2.45, 2.75) is 6.54 Å². The number of methoxy groups -OCH3 is 1. The van der Waals surface area contributed by atoms with Gasteiger partial charge in [-0.2, -0.15) is 0 Å². The van der Waals surface area contributed by atoms with E-state index >= 15 is 0 Å². The third kappa shape index (κ3) is 5.05. The van der Waals surface area contributed by atoms with Crippen LogP contribution >= 0.6 is 28.1 Å². The number of hydrogen-bond acceptors (Lipinski definition) is 4. The van der Waals surface area contributed by atoms with Crippen LogP contribution in [0.1, 0.15) is 11.1 Å². The molecular weight excluding hydrogens is 436 g/mol. The summed E-state index contributed by atoms with van der Waals surface area (Å²) in [6.07, 6.45) is 5.29. The van der Waals surface area contributed by atoms with Gasteiger partial charge in [-0.15, -0.1) is 6.42 Å². The van der Waals surface area contributed by atoms with Gasteiger partial charge in [0.1, 0.15) is 11.6 Å². The summed E-state index contributed by atoms with van der Waals surface area (Å²) in [5, 5.41) is 0. The Hall–Kier alpha value is -2.07. The van der Waals surface area contributed by atoms with Crippen LogP contribution in [0.4, 0.5) is 0 Å². The van der Waals surface area contributed by atoms with Gasteiger partial charge in [0.25, 0.3) is 0 Å². The van der Waals surface area contributed by atoms with Crippen molar-refractivity contribution in [1.82, 2.24) is 9.80 Å². The zero-order chi connectivity index (χ0) is 19.9. The van der Waals surface area contributed by atoms with Crippen LogP contribution in [-0.4, -0.2) is 54.7 Å². The van der Waals surface area contributed by atoms with Crippen LogP contribution in [0.15, 0.2) is 46.9 Å². The second-order valence-electron chi connectivity index (χ2n) is 6.54. The molecular formula is C22H23BrN2O2S. The number of benzene rings is 2. The largest absolute Gasteiger partial charge is 0.493 e. The van der Waals surface area contributed by atoms with E-state index in [-0.39, 0.29) is 6.61 Å². The SMILES string of the molecule is C#CCOc1c(Br)cc(C(=S)N2CCN(Cc3ccccc3)CC2)cc1OC. The smallest absolute Gasteiger partial charge is 0.176 e. The molecule has 0 bridgehead atoms. The Morgan fingerprint density at radius 3 is 2.54 bits per heavy atom. The molecule has 0 radical (unpaired) electrons. The van der Waals surface area contributed by atoms with Crippen molar-refractivity contribution in [1.29, 1.82) is 0 Å². The predicted molar refractivity (Wildman–Crippen MR) is 120 cm³/mol. The molecule has 1 aliphatic rings. The lowest BCUT2D eigenvalue weighted by atomic mass is 10.1. The Labute approximate surface area is 180 Å². The van der Waals surface area contributed by atoms with Crippen molar-refractivity contribution < 1.29 is 9.47 Å². The third-order valence-corrected chi connectivity index (χ3v) is 5.77. The van der Waals surface area contributed by atoms with Crippen molar-refractivity contribution in [2.75, 3.05) is 39.9 Å². The third-order valence-electron chi connectivity index (χ3n) is 4.68. The molecule has 4 nitrogen and oxygen atoms in total. The molecule has 0 aromatic heterocycles. The monoisotopic (exact) mass is 458 g/mol. The van der Waals surface area contributed by atoms with Crippen LogP contribution in [0.5, 0.6) is 11.5 Å². The summed E-state index contributed by atoms with van der Waals surface area (Å²) in [5.41, 5.74) is 2.28. The molecule has 0 unspecified atom stereocenters. The minimum Gasteiger partial charge on any atom is -0.493 e. The highest BCUT2D eigenvalue weighted by molar-refractivity contribution is 9.10. The molecule has 0 saturated carbocycles. The molecule has 146 valence electrons. The molecule has 3 rings (SSSR count). The molecule has 1 saturated heterocycles. The average molecular weight is 459 g/mol. The van der Waals surface area contributed by atoms with Crippen molar-refractivity contribution in [3.63, 3.8) is 0 Å². The molecule has 2 aromatic rings. The zero-order valence-corrected chi connectivity index (χ0v) is 18.3. The summed E-state index contributed by atoms with van der Waals surface area (Å²) in [4.78, 5) is 5.53. The van der Waals surface area contributed by atoms with Crippen LogP contribution in [-0.2, 0) is 6.54 Å². The van der Waals surface area contributed by atoms with Gasteiger partial charge in [0.15, 0.2) is 11.5 Å². The van der Waals surface area contributed by atoms with Gasteiger partial charge in [0.2, 0.25) is 0 Å². The van der Waals surface area contributed by atoms with E-state index in [0.29, 0.717) is 11.5 Å². The first-order chi connectivity index (χ1) is 13.6. The number of halogens is 1. The lowest BCUT2D eigenvalue weighted by Gasteiger charge is -2.36. The summed E-state index contributed by atoms with van der Waals surface area (Å²) < 4.78 is 11.8. The van der Waals surface area contributed by atoms with Gasteiger partial charge in [0.05, 0.1) is 11.6 Å². The van der Waals surface area contributed by atoms with E-state index in [1.54, 1.807) is 7.11 Å². The molecule has 0 aliphatic carbocycles. The number of nitrogens with zero attached hydrogens (tertiary/aromatic N) is 2. The fourth-order valence-corrected chi connectivity index (χ4v) is 4.09. The molecule has 0 atom stereocenters. The fourth-order valence-electron chi connectivity index (χ4n) is 3.23. The van der Waals surface area contributed by atoms with Gasteiger partial charge in [-0.25, -0.2) is 0 Å². The molecule has 6 heteroatoms. The molecule has 1 fully saturated rings. The van der Waals surface area contributed by atoms with Crippen LogP contribution < -0.4 is 9.47 Å². The van der Waals surface area contributed by atoms with Crippen molar-refractivity contribution in [2.24, 2.45) is 0 Å². The number of terminal acetylenes is 1. The Bertz CT molecular complexity index is 859. The second kappa shape index (κ2) is 9.92. The summed E-state index contributed by atoms with van der Waals surface area (Å²) in [5.74, 6) is 3.68. The number of piperazine rings is 1. The highest BCUT2D eigenvalue weighted by Gasteiger charge is 2.22. The summed E-state index contributed by atoms with van der Waals surface area (Å²) in [6.45, 7) is 4.93. The van der Waals surface area contributed by atoms with Crippen LogP contribution in [0.2, 0.25) is 0 Å². The van der Waals surface area contributed by atoms with E-state index in [2.05, 4.69) is 62.0 Å². The maximum atomic E-state index is 5.76. The Morgan fingerprint density at radius 1 is 1.18 bits per heavy atom. The van der Waals surface area contributed by atoms with Crippen molar-refractivity contribution >= 4 is 33.1 Å². The van der Waals surface area contributed by atoms with Crippen molar-refractivity contribution in [3.8, 4) is 23.8 Å². The molecule has 28 heavy (non-hydrogen) atoms. The van der Waals surface area contributed by atoms with Gasteiger partial charge in [-0.05, 0) is 33.6 Å². The lowest BCUT2D eigenvalue weighted by Crippen LogP contribution is -2.48. The van der Waals surface area contributed by atoms with Gasteiger partial charge < -0.3 is 14.4 Å². The predicted octanol–water partition coefficient (Wildman–Crippen LogP) is 3.96. The maximum Gasteiger partial charge on any atom is 0.176 e. The fraction of sp³-hybridized carbons (Fsp3) is 0.318. The van der Waals surface area contributed by atoms with Crippen molar-refractivity contribution in [3.05, 3.63) is 58.1 Å². The van der Waals surface area contributed by atoms with E-state index in [4.69, 9.17) is 28.1 Å². The molecule has 0 N–H and O–H groups in total. The standard InChI is InChI=1S/C22H23BrN2O2S/c1-3-13-27-21-19(23)14-18(15-20(21)26-2)22(28)25-11-9-24(10-12-25)16-17-7-5-4-6-8-17/h1,4-8,14-15H,9-13,16H2,2H3. The number of hydrogen-bond donors (Lipinski definition) is 0. The van der Waals surface area contributed by atoms with Crippen LogP contribution in [0.3, 0.4) is 0 Å². The number of ether oxygens (including phenoxy) is 2. The minimum absolute atomic E-state index is 0.183. The molecule has 1 heterocycles. The highest BCUT2D eigenvalue weighted by Crippen LogP contribution is 2.37.